The number of nitrogens with two attached hydrogens (primary N) is 1. The third-order valence-electron chi connectivity index (χ3n) is 2.62. The van der Waals surface area contributed by atoms with E-state index in [1.54, 1.807) is 24.1 Å². The zero-order valence-corrected chi connectivity index (χ0v) is 13.1. The molecule has 0 amide bonds. The molecule has 6 nitrogen and oxygen atoms in total. The van der Waals surface area contributed by atoms with E-state index >= 15 is 0 Å². The predicted molar refractivity (Wildman–Crippen MR) is 78.7 cm³/mol. The van der Waals surface area contributed by atoms with E-state index in [2.05, 4.69) is 9.72 Å². The van der Waals surface area contributed by atoms with Crippen molar-refractivity contribution < 1.29 is 21.9 Å². The molecule has 22 heavy (non-hydrogen) atoms. The van der Waals surface area contributed by atoms with Crippen molar-refractivity contribution in [3.63, 3.8) is 0 Å². The maximum atomic E-state index is 12.2. The highest BCUT2D eigenvalue weighted by atomic mass is 32.2. The first-order valence-corrected chi connectivity index (χ1v) is 8.35. The molecule has 0 fully saturated rings. The van der Waals surface area contributed by atoms with Crippen molar-refractivity contribution in [2.45, 2.75) is 17.4 Å². The van der Waals surface area contributed by atoms with Gasteiger partial charge < -0.3 is 9.64 Å². The van der Waals surface area contributed by atoms with E-state index in [9.17, 15) is 17.2 Å². The maximum absolute atomic E-state index is 12.2. The topological polar surface area (TPSA) is 85.5 Å². The van der Waals surface area contributed by atoms with Gasteiger partial charge >= 0.3 is 6.61 Å². The number of alkyl halides is 2. The molecule has 0 aliphatic carbocycles. The summed E-state index contributed by atoms with van der Waals surface area (Å²) in [5.41, 5.74) is 0.716. The highest BCUT2D eigenvalue weighted by Gasteiger charge is 2.15. The smallest absolute Gasteiger partial charge is 0.387 e. The quantitative estimate of drug-likeness (QED) is 0.862. The average molecular weight is 349 g/mol. The van der Waals surface area contributed by atoms with Crippen LogP contribution in [0.15, 0.2) is 34.7 Å². The molecule has 0 unspecified atom stereocenters. The number of ether oxygens (including phenoxy) is 1. The van der Waals surface area contributed by atoms with Crippen LogP contribution in [0, 0.1) is 0 Å². The Hall–Kier alpha value is -1.78. The van der Waals surface area contributed by atoms with Gasteiger partial charge in [-0.15, -0.1) is 0 Å². The summed E-state index contributed by atoms with van der Waals surface area (Å²) < 4.78 is 51.1. The van der Waals surface area contributed by atoms with Gasteiger partial charge in [0.1, 0.15) is 5.75 Å². The number of hydrogen-bond donors (Lipinski definition) is 1. The molecule has 1 aromatic carbocycles. The summed E-state index contributed by atoms with van der Waals surface area (Å²) in [6, 6.07) is 6.25. The standard InChI is InChI=1S/C12H13F2N3O3S2/c1-17(12-16-6-10(21-12)22(15,18)19)7-8-3-2-4-9(5-8)20-11(13)14/h2-6,11H,7H2,1H3,(H2,15,18,19). The monoisotopic (exact) mass is 349 g/mol. The molecular formula is C12H13F2N3O3S2. The van der Waals surface area contributed by atoms with E-state index < -0.39 is 16.6 Å². The van der Waals surface area contributed by atoms with Gasteiger partial charge in [0.2, 0.25) is 10.0 Å². The predicted octanol–water partition coefficient (Wildman–Crippen LogP) is 2.03. The number of sulfonamides is 1. The largest absolute Gasteiger partial charge is 0.435 e. The Morgan fingerprint density at radius 2 is 2.18 bits per heavy atom. The van der Waals surface area contributed by atoms with E-state index in [-0.39, 0.29) is 9.96 Å². The van der Waals surface area contributed by atoms with Crippen molar-refractivity contribution in [1.29, 1.82) is 0 Å². The fourth-order valence-corrected chi connectivity index (χ4v) is 3.22. The lowest BCUT2D eigenvalue weighted by Crippen LogP contribution is -2.16. The second-order valence-electron chi connectivity index (χ2n) is 4.39. The first kappa shape index (κ1) is 16.6. The Morgan fingerprint density at radius 1 is 1.45 bits per heavy atom. The number of nitrogens with zero attached hydrogens (tertiary/aromatic N) is 2. The van der Waals surface area contributed by atoms with Crippen molar-refractivity contribution in [2.75, 3.05) is 11.9 Å². The molecule has 1 heterocycles. The molecule has 0 bridgehead atoms. The summed E-state index contributed by atoms with van der Waals surface area (Å²) in [4.78, 5) is 5.66. The van der Waals surface area contributed by atoms with E-state index in [0.717, 1.165) is 11.3 Å². The van der Waals surface area contributed by atoms with Crippen LogP contribution in [0.4, 0.5) is 13.9 Å². The third kappa shape index (κ3) is 4.36. The molecule has 0 saturated carbocycles. The van der Waals surface area contributed by atoms with Gasteiger partial charge in [0.05, 0.1) is 6.20 Å². The lowest BCUT2D eigenvalue weighted by Gasteiger charge is -2.16. The minimum atomic E-state index is -3.78. The van der Waals surface area contributed by atoms with Gasteiger partial charge in [0, 0.05) is 13.6 Å². The molecule has 0 atom stereocenters. The van der Waals surface area contributed by atoms with Gasteiger partial charge in [-0.2, -0.15) is 8.78 Å². The Labute approximate surface area is 130 Å². The number of aromatic nitrogens is 1. The van der Waals surface area contributed by atoms with Crippen LogP contribution in [-0.2, 0) is 16.6 Å². The second-order valence-corrected chi connectivity index (χ2v) is 7.19. The van der Waals surface area contributed by atoms with E-state index in [1.165, 1.54) is 18.3 Å². The zero-order chi connectivity index (χ0) is 16.3. The number of hydrogen-bond acceptors (Lipinski definition) is 6. The molecule has 0 radical (unpaired) electrons. The minimum Gasteiger partial charge on any atom is -0.435 e. The lowest BCUT2D eigenvalue weighted by atomic mass is 10.2. The molecule has 2 aromatic rings. The van der Waals surface area contributed by atoms with Gasteiger partial charge in [0.25, 0.3) is 0 Å². The molecule has 0 saturated heterocycles. The van der Waals surface area contributed by atoms with Crippen LogP contribution in [0.5, 0.6) is 5.75 Å². The molecule has 2 N–H and O–H groups in total. The summed E-state index contributed by atoms with van der Waals surface area (Å²) in [5.74, 6) is 0.0604. The van der Waals surface area contributed by atoms with E-state index in [4.69, 9.17) is 5.14 Å². The van der Waals surface area contributed by atoms with Crippen molar-refractivity contribution >= 4 is 26.5 Å². The van der Waals surface area contributed by atoms with E-state index in [1.807, 2.05) is 0 Å². The SMILES string of the molecule is CN(Cc1cccc(OC(F)F)c1)c1ncc(S(N)(=O)=O)s1. The summed E-state index contributed by atoms with van der Waals surface area (Å²) in [7, 11) is -2.08. The molecule has 2 rings (SSSR count). The molecular weight excluding hydrogens is 336 g/mol. The first-order chi connectivity index (χ1) is 10.3. The normalized spacial score (nSPS) is 11.7. The van der Waals surface area contributed by atoms with Crippen LogP contribution in [0.3, 0.4) is 0 Å². The van der Waals surface area contributed by atoms with Crippen molar-refractivity contribution in [1.82, 2.24) is 4.98 Å². The van der Waals surface area contributed by atoms with Gasteiger partial charge in [-0.1, -0.05) is 23.5 Å². The second kappa shape index (κ2) is 6.55. The fourth-order valence-electron chi connectivity index (χ4n) is 1.72. The molecule has 1 aromatic heterocycles. The Bertz CT molecular complexity index is 750. The van der Waals surface area contributed by atoms with Crippen LogP contribution in [0.25, 0.3) is 0 Å². The van der Waals surface area contributed by atoms with Crippen LogP contribution >= 0.6 is 11.3 Å². The number of benzene rings is 1. The Kier molecular flexibility index (Phi) is 4.94. The van der Waals surface area contributed by atoms with Gasteiger partial charge in [-0.05, 0) is 17.7 Å². The van der Waals surface area contributed by atoms with Gasteiger partial charge in [-0.3, -0.25) is 0 Å². The Morgan fingerprint density at radius 3 is 2.77 bits per heavy atom. The summed E-state index contributed by atoms with van der Waals surface area (Å²) in [5, 5.41) is 5.47. The highest BCUT2D eigenvalue weighted by Crippen LogP contribution is 2.26. The first-order valence-electron chi connectivity index (χ1n) is 5.99. The minimum absolute atomic E-state index is 0.0378. The van der Waals surface area contributed by atoms with Crippen LogP contribution < -0.4 is 14.8 Å². The van der Waals surface area contributed by atoms with Crippen molar-refractivity contribution in [3.05, 3.63) is 36.0 Å². The number of thiazole rings is 1. The zero-order valence-electron chi connectivity index (χ0n) is 11.4. The summed E-state index contributed by atoms with van der Waals surface area (Å²) >= 11 is 0.933. The average Bonchev–Trinajstić information content (AvgIpc) is 2.87. The van der Waals surface area contributed by atoms with Gasteiger partial charge in [0.15, 0.2) is 9.34 Å². The number of anilines is 1. The van der Waals surface area contributed by atoms with Crippen LogP contribution in [0.2, 0.25) is 0 Å². The number of halogens is 2. The highest BCUT2D eigenvalue weighted by molar-refractivity contribution is 7.91. The van der Waals surface area contributed by atoms with Crippen LogP contribution in [0.1, 0.15) is 5.56 Å². The molecule has 0 aliphatic heterocycles. The van der Waals surface area contributed by atoms with Crippen molar-refractivity contribution in [2.24, 2.45) is 5.14 Å². The third-order valence-corrected chi connectivity index (χ3v) is 5.14. The molecule has 10 heteroatoms. The molecule has 120 valence electrons. The summed E-state index contributed by atoms with van der Waals surface area (Å²) in [6.07, 6.45) is 1.18. The number of primary sulfonamides is 1. The van der Waals surface area contributed by atoms with Crippen molar-refractivity contribution in [3.8, 4) is 5.75 Å². The molecule has 0 spiro atoms. The maximum Gasteiger partial charge on any atom is 0.387 e. The fraction of sp³-hybridized carbons (Fsp3) is 0.250. The lowest BCUT2D eigenvalue weighted by molar-refractivity contribution is -0.0498. The Balaban J connectivity index is 2.11. The summed E-state index contributed by atoms with van der Waals surface area (Å²) in [6.45, 7) is -2.54. The molecule has 0 aliphatic rings. The van der Waals surface area contributed by atoms with Gasteiger partial charge in [-0.25, -0.2) is 18.5 Å². The van der Waals surface area contributed by atoms with Crippen LogP contribution in [-0.4, -0.2) is 27.1 Å². The number of rotatable bonds is 6. The van der Waals surface area contributed by atoms with E-state index in [0.29, 0.717) is 17.2 Å².